The number of hydrogen-bond donors (Lipinski definition) is 2. The number of carbonyl (C=O) groups excluding carboxylic acids is 1. The van der Waals surface area contributed by atoms with Gasteiger partial charge in [0.05, 0.1) is 0 Å². The second-order valence-electron chi connectivity index (χ2n) is 3.46. The third-order valence-corrected chi connectivity index (χ3v) is 1.83. The van der Waals surface area contributed by atoms with Crippen LogP contribution in [-0.4, -0.2) is 19.0 Å². The maximum absolute atomic E-state index is 11.6. The molecule has 1 aromatic rings. The van der Waals surface area contributed by atoms with Crippen molar-refractivity contribution in [1.82, 2.24) is 5.32 Å². The molecular weight excluding hydrogens is 176 g/mol. The van der Waals surface area contributed by atoms with E-state index < -0.39 is 0 Å². The lowest BCUT2D eigenvalue weighted by Gasteiger charge is -2.09. The van der Waals surface area contributed by atoms with Crippen LogP contribution in [0.2, 0.25) is 0 Å². The molecule has 14 heavy (non-hydrogen) atoms. The molecule has 0 aliphatic heterocycles. The van der Waals surface area contributed by atoms with Gasteiger partial charge in [0.2, 0.25) is 0 Å². The molecule has 1 rings (SSSR count). The first-order chi connectivity index (χ1) is 6.63. The monoisotopic (exact) mass is 192 g/mol. The van der Waals surface area contributed by atoms with Crippen LogP contribution < -0.4 is 10.6 Å². The zero-order valence-corrected chi connectivity index (χ0v) is 8.79. The molecule has 76 valence electrons. The Bertz CT molecular complexity index is 321. The molecule has 0 radical (unpaired) electrons. The molecule has 0 saturated heterocycles. The molecule has 0 aromatic heterocycles. The lowest BCUT2D eigenvalue weighted by Crippen LogP contribution is -2.30. The minimum Gasteiger partial charge on any atom is -0.388 e. The van der Waals surface area contributed by atoms with Gasteiger partial charge >= 0.3 is 0 Å². The zero-order valence-electron chi connectivity index (χ0n) is 8.79. The summed E-state index contributed by atoms with van der Waals surface area (Å²) in [6.07, 6.45) is 0. The van der Waals surface area contributed by atoms with Crippen molar-refractivity contribution in [3.8, 4) is 0 Å². The van der Waals surface area contributed by atoms with E-state index in [2.05, 4.69) is 10.6 Å². The second-order valence-corrected chi connectivity index (χ2v) is 3.46. The van der Waals surface area contributed by atoms with Crippen LogP contribution in [0.1, 0.15) is 24.2 Å². The van der Waals surface area contributed by atoms with Gasteiger partial charge in [-0.15, -0.1) is 0 Å². The van der Waals surface area contributed by atoms with Crippen LogP contribution >= 0.6 is 0 Å². The lowest BCUT2D eigenvalue weighted by molar-refractivity contribution is 0.0943. The average Bonchev–Trinajstić information content (AvgIpc) is 2.17. The molecule has 0 spiro atoms. The van der Waals surface area contributed by atoms with Crippen LogP contribution in [0.3, 0.4) is 0 Å². The molecule has 0 unspecified atom stereocenters. The molecule has 1 amide bonds. The summed E-state index contributed by atoms with van der Waals surface area (Å²) >= 11 is 0. The van der Waals surface area contributed by atoms with Gasteiger partial charge in [-0.3, -0.25) is 4.79 Å². The fraction of sp³-hybridized carbons (Fsp3) is 0.364. The number of amides is 1. The Morgan fingerprint density at radius 2 is 2.07 bits per heavy atom. The normalized spacial score (nSPS) is 10.0. The first kappa shape index (κ1) is 10.6. The minimum atomic E-state index is -0.0305. The SMILES string of the molecule is CNc1cccc(C(=O)NC(C)C)c1. The molecule has 0 fully saturated rings. The minimum absolute atomic E-state index is 0.0305. The van der Waals surface area contributed by atoms with Crippen molar-refractivity contribution in [2.24, 2.45) is 0 Å². The summed E-state index contributed by atoms with van der Waals surface area (Å²) in [6, 6.07) is 7.59. The third-order valence-electron chi connectivity index (χ3n) is 1.83. The van der Waals surface area contributed by atoms with Crippen molar-refractivity contribution in [1.29, 1.82) is 0 Å². The average molecular weight is 192 g/mol. The van der Waals surface area contributed by atoms with Crippen LogP contribution in [0, 0.1) is 0 Å². The molecular formula is C11H16N2O. The van der Waals surface area contributed by atoms with Crippen molar-refractivity contribution in [3.05, 3.63) is 29.8 Å². The van der Waals surface area contributed by atoms with E-state index in [1.807, 2.05) is 39.1 Å². The summed E-state index contributed by atoms with van der Waals surface area (Å²) in [7, 11) is 1.83. The van der Waals surface area contributed by atoms with Crippen molar-refractivity contribution in [2.45, 2.75) is 19.9 Å². The standard InChI is InChI=1S/C11H16N2O/c1-8(2)13-11(14)9-5-4-6-10(7-9)12-3/h4-8,12H,1-3H3,(H,13,14). The second kappa shape index (κ2) is 4.65. The van der Waals surface area contributed by atoms with E-state index in [1.165, 1.54) is 0 Å². The Morgan fingerprint density at radius 3 is 2.64 bits per heavy atom. The maximum atomic E-state index is 11.6. The van der Waals surface area contributed by atoms with Gasteiger partial charge in [-0.05, 0) is 32.0 Å². The quantitative estimate of drug-likeness (QED) is 0.767. The van der Waals surface area contributed by atoms with Gasteiger partial charge in [-0.1, -0.05) is 6.07 Å². The number of hydrogen-bond acceptors (Lipinski definition) is 2. The summed E-state index contributed by atoms with van der Waals surface area (Å²) in [5, 5.41) is 5.84. The molecule has 0 bridgehead atoms. The Morgan fingerprint density at radius 1 is 1.36 bits per heavy atom. The van der Waals surface area contributed by atoms with Crippen LogP contribution in [-0.2, 0) is 0 Å². The highest BCUT2D eigenvalue weighted by atomic mass is 16.1. The van der Waals surface area contributed by atoms with E-state index in [9.17, 15) is 4.79 Å². The number of carbonyl (C=O) groups is 1. The summed E-state index contributed by atoms with van der Waals surface area (Å²) < 4.78 is 0. The highest BCUT2D eigenvalue weighted by Crippen LogP contribution is 2.09. The van der Waals surface area contributed by atoms with Gasteiger partial charge in [0.15, 0.2) is 0 Å². The summed E-state index contributed by atoms with van der Waals surface area (Å²) in [5.41, 5.74) is 1.63. The van der Waals surface area contributed by atoms with E-state index in [1.54, 1.807) is 6.07 Å². The van der Waals surface area contributed by atoms with Gasteiger partial charge in [0, 0.05) is 24.3 Å². The molecule has 3 nitrogen and oxygen atoms in total. The Hall–Kier alpha value is -1.51. The smallest absolute Gasteiger partial charge is 0.251 e. The van der Waals surface area contributed by atoms with Gasteiger partial charge < -0.3 is 10.6 Å². The largest absolute Gasteiger partial charge is 0.388 e. The molecule has 0 atom stereocenters. The number of nitrogens with one attached hydrogen (secondary N) is 2. The van der Waals surface area contributed by atoms with Crippen LogP contribution in [0.4, 0.5) is 5.69 Å². The van der Waals surface area contributed by atoms with Gasteiger partial charge in [-0.25, -0.2) is 0 Å². The number of rotatable bonds is 3. The first-order valence-electron chi connectivity index (χ1n) is 4.72. The summed E-state index contributed by atoms with van der Waals surface area (Å²) in [4.78, 5) is 11.6. The van der Waals surface area contributed by atoms with Crippen molar-refractivity contribution in [2.75, 3.05) is 12.4 Å². The highest BCUT2D eigenvalue weighted by Gasteiger charge is 2.06. The molecule has 1 aromatic carbocycles. The molecule has 2 N–H and O–H groups in total. The van der Waals surface area contributed by atoms with E-state index in [0.29, 0.717) is 5.56 Å². The Labute approximate surface area is 84.5 Å². The maximum Gasteiger partial charge on any atom is 0.251 e. The topological polar surface area (TPSA) is 41.1 Å². The Kier molecular flexibility index (Phi) is 3.51. The van der Waals surface area contributed by atoms with Crippen molar-refractivity contribution in [3.63, 3.8) is 0 Å². The number of benzene rings is 1. The molecule has 0 saturated carbocycles. The van der Waals surface area contributed by atoms with Crippen LogP contribution in [0.5, 0.6) is 0 Å². The van der Waals surface area contributed by atoms with E-state index >= 15 is 0 Å². The number of anilines is 1. The van der Waals surface area contributed by atoms with E-state index in [0.717, 1.165) is 5.69 Å². The zero-order chi connectivity index (χ0) is 10.6. The van der Waals surface area contributed by atoms with Gasteiger partial charge in [-0.2, -0.15) is 0 Å². The van der Waals surface area contributed by atoms with Gasteiger partial charge in [0.1, 0.15) is 0 Å². The third kappa shape index (κ3) is 2.76. The fourth-order valence-electron chi connectivity index (χ4n) is 1.16. The summed E-state index contributed by atoms with van der Waals surface area (Å²) in [6.45, 7) is 3.89. The summed E-state index contributed by atoms with van der Waals surface area (Å²) in [5.74, 6) is -0.0305. The fourth-order valence-corrected chi connectivity index (χ4v) is 1.16. The lowest BCUT2D eigenvalue weighted by atomic mass is 10.2. The molecule has 0 aliphatic rings. The molecule has 3 heteroatoms. The molecule has 0 heterocycles. The molecule has 0 aliphatic carbocycles. The van der Waals surface area contributed by atoms with E-state index in [4.69, 9.17) is 0 Å². The van der Waals surface area contributed by atoms with Crippen LogP contribution in [0.15, 0.2) is 24.3 Å². The Balaban J connectivity index is 2.79. The van der Waals surface area contributed by atoms with Crippen molar-refractivity contribution < 1.29 is 4.79 Å². The van der Waals surface area contributed by atoms with Gasteiger partial charge in [0.25, 0.3) is 5.91 Å². The predicted molar refractivity (Wildman–Crippen MR) is 58.6 cm³/mol. The highest BCUT2D eigenvalue weighted by molar-refractivity contribution is 5.95. The van der Waals surface area contributed by atoms with E-state index in [-0.39, 0.29) is 11.9 Å². The first-order valence-corrected chi connectivity index (χ1v) is 4.72. The van der Waals surface area contributed by atoms with Crippen LogP contribution in [0.25, 0.3) is 0 Å². The predicted octanol–water partition coefficient (Wildman–Crippen LogP) is 1.87. The van der Waals surface area contributed by atoms with Crippen molar-refractivity contribution >= 4 is 11.6 Å².